The standard InChI is InChI=1S/C30H30N2O6/c1-4-36-27(34)29(28(35)37-5-2)24(21-15-9-6-10-16-21)31(3)38-30(29)25(22-17-11-7-12-18-22)32(26(30)33)23-19-13-8-14-20-23/h6-20,24-25H,4-5H2,1-3H3. The largest absolute Gasteiger partial charge is 0.465 e. The van der Waals surface area contributed by atoms with Crippen molar-refractivity contribution in [3.05, 3.63) is 102 Å². The summed E-state index contributed by atoms with van der Waals surface area (Å²) in [4.78, 5) is 50.9. The average Bonchev–Trinajstić information content (AvgIpc) is 3.24. The van der Waals surface area contributed by atoms with Gasteiger partial charge in [-0.05, 0) is 37.1 Å². The summed E-state index contributed by atoms with van der Waals surface area (Å²) < 4.78 is 11.2. The molecule has 0 aromatic heterocycles. The van der Waals surface area contributed by atoms with E-state index < -0.39 is 40.9 Å². The first-order chi connectivity index (χ1) is 18.4. The lowest BCUT2D eigenvalue weighted by molar-refractivity contribution is -0.231. The van der Waals surface area contributed by atoms with Crippen molar-refractivity contribution in [2.45, 2.75) is 31.5 Å². The molecule has 0 saturated carbocycles. The van der Waals surface area contributed by atoms with E-state index >= 15 is 0 Å². The zero-order chi connectivity index (χ0) is 26.9. The van der Waals surface area contributed by atoms with Crippen LogP contribution in [0.5, 0.6) is 0 Å². The normalized spacial score (nSPS) is 24.2. The molecule has 1 amide bonds. The van der Waals surface area contributed by atoms with Crippen LogP contribution >= 0.6 is 0 Å². The Balaban J connectivity index is 1.83. The summed E-state index contributed by atoms with van der Waals surface area (Å²) >= 11 is 0. The van der Waals surface area contributed by atoms with E-state index in [1.54, 1.807) is 37.9 Å². The zero-order valence-electron chi connectivity index (χ0n) is 21.6. The second-order valence-electron chi connectivity index (χ2n) is 9.26. The number of benzene rings is 3. The molecule has 5 rings (SSSR count). The van der Waals surface area contributed by atoms with Crippen LogP contribution in [0.15, 0.2) is 91.0 Å². The summed E-state index contributed by atoms with van der Waals surface area (Å²) in [6.45, 7) is 3.34. The summed E-state index contributed by atoms with van der Waals surface area (Å²) in [5.74, 6) is -2.25. The number of anilines is 1. The summed E-state index contributed by atoms with van der Waals surface area (Å²) in [5, 5.41) is 1.43. The van der Waals surface area contributed by atoms with Gasteiger partial charge in [-0.3, -0.25) is 24.1 Å². The van der Waals surface area contributed by atoms with Crippen molar-refractivity contribution in [3.63, 3.8) is 0 Å². The van der Waals surface area contributed by atoms with E-state index in [-0.39, 0.29) is 13.2 Å². The van der Waals surface area contributed by atoms with Gasteiger partial charge in [0.05, 0.1) is 19.3 Å². The maximum atomic E-state index is 14.5. The summed E-state index contributed by atoms with van der Waals surface area (Å²) in [6, 6.07) is 25.6. The maximum absolute atomic E-state index is 14.5. The molecule has 0 radical (unpaired) electrons. The minimum Gasteiger partial charge on any atom is -0.465 e. The summed E-state index contributed by atoms with van der Waals surface area (Å²) in [7, 11) is 1.63. The molecule has 2 fully saturated rings. The van der Waals surface area contributed by atoms with Crippen LogP contribution in [0.1, 0.15) is 37.1 Å². The van der Waals surface area contributed by atoms with E-state index in [0.29, 0.717) is 16.8 Å². The number of para-hydroxylation sites is 1. The van der Waals surface area contributed by atoms with Gasteiger partial charge in [0, 0.05) is 12.7 Å². The highest BCUT2D eigenvalue weighted by Crippen LogP contribution is 2.66. The molecule has 3 atom stereocenters. The Bertz CT molecular complexity index is 1300. The van der Waals surface area contributed by atoms with Gasteiger partial charge in [0.25, 0.3) is 5.91 Å². The molecule has 196 valence electrons. The fraction of sp³-hybridized carbons (Fsp3) is 0.300. The molecule has 0 N–H and O–H groups in total. The predicted molar refractivity (Wildman–Crippen MR) is 140 cm³/mol. The fourth-order valence-electron chi connectivity index (χ4n) is 5.90. The first kappa shape index (κ1) is 25.6. The van der Waals surface area contributed by atoms with Gasteiger partial charge in [0.15, 0.2) is 0 Å². The third kappa shape index (κ3) is 3.48. The van der Waals surface area contributed by atoms with Crippen LogP contribution in [0.4, 0.5) is 5.69 Å². The van der Waals surface area contributed by atoms with Gasteiger partial charge in [0.1, 0.15) is 6.04 Å². The van der Waals surface area contributed by atoms with Crippen LogP contribution in [0.25, 0.3) is 0 Å². The van der Waals surface area contributed by atoms with Crippen molar-refractivity contribution < 1.29 is 28.7 Å². The SMILES string of the molecule is CCOC(=O)C1(C(=O)OCC)C(c2ccccc2)N(C)OC12C(=O)N(c1ccccc1)C2c1ccccc1. The van der Waals surface area contributed by atoms with Crippen molar-refractivity contribution in [2.75, 3.05) is 25.2 Å². The maximum Gasteiger partial charge on any atom is 0.329 e. The van der Waals surface area contributed by atoms with Crippen molar-refractivity contribution in [1.29, 1.82) is 0 Å². The van der Waals surface area contributed by atoms with E-state index in [0.717, 1.165) is 0 Å². The molecule has 1 spiro atoms. The Labute approximate surface area is 221 Å². The monoisotopic (exact) mass is 514 g/mol. The minimum absolute atomic E-state index is 0.00782. The smallest absolute Gasteiger partial charge is 0.329 e. The molecule has 8 nitrogen and oxygen atoms in total. The first-order valence-electron chi connectivity index (χ1n) is 12.7. The Morgan fingerprint density at radius 2 is 1.21 bits per heavy atom. The van der Waals surface area contributed by atoms with Crippen LogP contribution in [-0.2, 0) is 28.7 Å². The van der Waals surface area contributed by atoms with Crippen LogP contribution in [0.3, 0.4) is 0 Å². The van der Waals surface area contributed by atoms with Crippen molar-refractivity contribution in [2.24, 2.45) is 5.41 Å². The van der Waals surface area contributed by atoms with Crippen LogP contribution in [0.2, 0.25) is 0 Å². The van der Waals surface area contributed by atoms with Gasteiger partial charge < -0.3 is 9.47 Å². The summed E-state index contributed by atoms with van der Waals surface area (Å²) in [5.41, 5.74) is -2.18. The predicted octanol–water partition coefficient (Wildman–Crippen LogP) is 4.24. The van der Waals surface area contributed by atoms with Gasteiger partial charge in [-0.25, -0.2) is 0 Å². The average molecular weight is 515 g/mol. The Kier molecular flexibility index (Phi) is 6.77. The number of β-lactam (4-membered cyclic amide) rings is 1. The zero-order valence-corrected chi connectivity index (χ0v) is 21.6. The number of hydrogen-bond acceptors (Lipinski definition) is 7. The van der Waals surface area contributed by atoms with Gasteiger partial charge in [-0.1, -0.05) is 78.9 Å². The molecular formula is C30H30N2O6. The van der Waals surface area contributed by atoms with E-state index in [9.17, 15) is 14.4 Å². The topological polar surface area (TPSA) is 85.4 Å². The van der Waals surface area contributed by atoms with Gasteiger partial charge in [0.2, 0.25) is 11.0 Å². The van der Waals surface area contributed by atoms with Crippen LogP contribution in [0, 0.1) is 5.41 Å². The molecule has 3 aromatic carbocycles. The number of rotatable bonds is 7. The number of esters is 2. The molecule has 2 aliphatic rings. The lowest BCUT2D eigenvalue weighted by Gasteiger charge is -2.57. The Morgan fingerprint density at radius 1 is 0.763 bits per heavy atom. The fourth-order valence-corrected chi connectivity index (χ4v) is 5.90. The molecule has 8 heteroatoms. The lowest BCUT2D eigenvalue weighted by atomic mass is 9.57. The quantitative estimate of drug-likeness (QED) is 0.265. The minimum atomic E-state index is -2.15. The second kappa shape index (κ2) is 10.0. The van der Waals surface area contributed by atoms with Gasteiger partial charge in [-0.2, -0.15) is 5.06 Å². The third-order valence-electron chi connectivity index (χ3n) is 7.29. The first-order valence-corrected chi connectivity index (χ1v) is 12.7. The molecule has 0 bridgehead atoms. The number of hydrogen-bond donors (Lipinski definition) is 0. The van der Waals surface area contributed by atoms with E-state index in [1.807, 2.05) is 78.9 Å². The number of nitrogens with zero attached hydrogens (tertiary/aromatic N) is 2. The number of ether oxygens (including phenoxy) is 2. The molecule has 2 heterocycles. The number of amides is 1. The second-order valence-corrected chi connectivity index (χ2v) is 9.26. The molecule has 3 aromatic rings. The highest BCUT2D eigenvalue weighted by molar-refractivity contribution is 6.18. The Morgan fingerprint density at radius 3 is 1.68 bits per heavy atom. The molecule has 3 unspecified atom stereocenters. The molecule has 38 heavy (non-hydrogen) atoms. The highest BCUT2D eigenvalue weighted by Gasteiger charge is 2.86. The van der Waals surface area contributed by atoms with Gasteiger partial charge in [-0.15, -0.1) is 0 Å². The third-order valence-corrected chi connectivity index (χ3v) is 7.29. The van der Waals surface area contributed by atoms with Gasteiger partial charge >= 0.3 is 11.9 Å². The number of carbonyl (C=O) groups is 3. The summed E-state index contributed by atoms with van der Waals surface area (Å²) in [6.07, 6.45) is 0. The molecule has 2 saturated heterocycles. The number of hydroxylamine groups is 2. The van der Waals surface area contributed by atoms with Crippen LogP contribution < -0.4 is 4.90 Å². The van der Waals surface area contributed by atoms with Crippen LogP contribution in [-0.4, -0.2) is 48.8 Å². The number of carbonyl (C=O) groups excluding carboxylic acids is 3. The molecular weight excluding hydrogens is 484 g/mol. The van der Waals surface area contributed by atoms with Crippen molar-refractivity contribution in [3.8, 4) is 0 Å². The van der Waals surface area contributed by atoms with E-state index in [2.05, 4.69) is 0 Å². The van der Waals surface area contributed by atoms with E-state index in [4.69, 9.17) is 14.3 Å². The molecule has 2 aliphatic heterocycles. The highest BCUT2D eigenvalue weighted by atomic mass is 16.7. The lowest BCUT2D eigenvalue weighted by Crippen LogP contribution is -2.78. The van der Waals surface area contributed by atoms with Crippen molar-refractivity contribution >= 4 is 23.5 Å². The van der Waals surface area contributed by atoms with Crippen molar-refractivity contribution in [1.82, 2.24) is 5.06 Å². The van der Waals surface area contributed by atoms with E-state index in [1.165, 1.54) is 5.06 Å². The molecule has 0 aliphatic carbocycles. The Hall–Kier alpha value is -4.01.